The van der Waals surface area contributed by atoms with Gasteiger partial charge in [0, 0.05) is 41.3 Å². The fraction of sp³-hybridized carbons (Fsp3) is 0.467. The molecule has 13 heteroatoms. The average Bonchev–Trinajstić information content (AvgIpc) is 3.46. The maximum Gasteiger partial charge on any atom is 0.375 e. The Kier molecular flexibility index (Phi) is 6.32. The summed E-state index contributed by atoms with van der Waals surface area (Å²) in [5.74, 6) is -1.85. The molecule has 5 aliphatic heterocycles. The number of nitrogens with zero attached hydrogens (tertiary/aromatic N) is 3. The van der Waals surface area contributed by atoms with Crippen LogP contribution in [0.5, 0.6) is 28.7 Å². The van der Waals surface area contributed by atoms with Crippen LogP contribution in [0.3, 0.4) is 0 Å². The molecule has 7 rings (SSSR count). The lowest BCUT2D eigenvalue weighted by atomic mass is 9.71. The SMILES string of the molecule is CC(=O)Oc1c(C)c2c(c3c1[C@H]1SCC(=O)C(=O)OC[C@@H]3N3C1[C@H]1c4c(cc(C)c(O)c4O)C[C@@H]([C@@H]3C#N)N1C)OCO2. The van der Waals surface area contributed by atoms with Crippen molar-refractivity contribution in [2.75, 3.05) is 26.2 Å². The van der Waals surface area contributed by atoms with Crippen LogP contribution in [-0.2, 0) is 25.5 Å². The van der Waals surface area contributed by atoms with E-state index in [2.05, 4.69) is 6.07 Å². The smallest absolute Gasteiger partial charge is 0.375 e. The number of nitriles is 1. The molecule has 0 aromatic heterocycles. The van der Waals surface area contributed by atoms with Crippen LogP contribution in [0.25, 0.3) is 0 Å². The number of aromatic hydroxyl groups is 2. The molecule has 4 bridgehead atoms. The number of likely N-dealkylation sites (N-methyl/N-ethyl adjacent to an activating group) is 1. The molecule has 0 aliphatic carbocycles. The third-order valence-corrected chi connectivity index (χ3v) is 10.7. The van der Waals surface area contributed by atoms with Gasteiger partial charge in [0.2, 0.25) is 12.6 Å². The van der Waals surface area contributed by atoms with Gasteiger partial charge in [-0.3, -0.25) is 19.4 Å². The Morgan fingerprint density at radius 3 is 2.58 bits per heavy atom. The monoisotopic (exact) mass is 607 g/mol. The van der Waals surface area contributed by atoms with E-state index in [0.717, 1.165) is 5.56 Å². The highest BCUT2D eigenvalue weighted by molar-refractivity contribution is 8.00. The van der Waals surface area contributed by atoms with Gasteiger partial charge in [0.15, 0.2) is 23.0 Å². The number of piperazine rings is 1. The molecular formula is C30H29N3O9S. The summed E-state index contributed by atoms with van der Waals surface area (Å²) in [4.78, 5) is 42.1. The Hall–Kier alpha value is -3.99. The van der Waals surface area contributed by atoms with Gasteiger partial charge in [-0.2, -0.15) is 5.26 Å². The van der Waals surface area contributed by atoms with Crippen molar-refractivity contribution in [2.24, 2.45) is 0 Å². The van der Waals surface area contributed by atoms with Gasteiger partial charge in [0.05, 0.1) is 29.2 Å². The number of phenolic OH excluding ortho intramolecular Hbond substituents is 2. The molecule has 0 saturated carbocycles. The normalized spacial score (nSPS) is 29.2. The zero-order valence-corrected chi connectivity index (χ0v) is 24.7. The summed E-state index contributed by atoms with van der Waals surface area (Å²) in [6, 6.07) is 1.38. The standard InChI is InChI=1S/C30H29N3O9S/c1-11-5-14-6-15-16(7-31)33-17-8-39-30(38)18(35)9-43-29(23(33)22(32(15)4)19(14)25(37)24(11)36)21-20(17)28-27(40-10-41-28)12(2)26(21)42-13(3)34/h5,15-17,22-23,29,36-37H,6,8-10H2,1-4H3/t15-,16-,17-,22+,23?,29+/m0/s1. The predicted molar refractivity (Wildman–Crippen MR) is 150 cm³/mol. The molecule has 5 aliphatic rings. The Morgan fingerprint density at radius 1 is 1.12 bits per heavy atom. The van der Waals surface area contributed by atoms with Crippen molar-refractivity contribution in [3.63, 3.8) is 0 Å². The van der Waals surface area contributed by atoms with E-state index in [-0.39, 0.29) is 42.4 Å². The topological polar surface area (TPSA) is 159 Å². The lowest BCUT2D eigenvalue weighted by Gasteiger charge is -2.61. The predicted octanol–water partition coefficient (Wildman–Crippen LogP) is 2.50. The van der Waals surface area contributed by atoms with Crippen molar-refractivity contribution in [2.45, 2.75) is 62.7 Å². The maximum absolute atomic E-state index is 12.9. The Balaban J connectivity index is 1.57. The first-order chi connectivity index (χ1) is 20.5. The third kappa shape index (κ3) is 3.79. The van der Waals surface area contributed by atoms with E-state index in [1.807, 2.05) is 22.9 Å². The number of Topliss-reactive ketones (excluding diaryl/α,β-unsaturated/α-hetero) is 1. The van der Waals surface area contributed by atoms with Gasteiger partial charge in [-0.15, -0.1) is 11.8 Å². The molecule has 6 atom stereocenters. The van der Waals surface area contributed by atoms with E-state index in [0.29, 0.717) is 45.7 Å². The molecule has 43 heavy (non-hydrogen) atoms. The molecule has 2 aromatic carbocycles. The zero-order valence-electron chi connectivity index (χ0n) is 23.9. The maximum atomic E-state index is 12.9. The molecule has 12 nitrogen and oxygen atoms in total. The van der Waals surface area contributed by atoms with Crippen LogP contribution in [0.15, 0.2) is 6.07 Å². The molecule has 2 N–H and O–H groups in total. The van der Waals surface area contributed by atoms with Gasteiger partial charge < -0.3 is 29.2 Å². The molecule has 1 fully saturated rings. The Bertz CT molecular complexity index is 1670. The number of hydrogen-bond donors (Lipinski definition) is 2. The third-order valence-electron chi connectivity index (χ3n) is 9.36. The number of phenols is 2. The van der Waals surface area contributed by atoms with Crippen molar-refractivity contribution < 1.29 is 43.5 Å². The number of hydrogen-bond acceptors (Lipinski definition) is 13. The summed E-state index contributed by atoms with van der Waals surface area (Å²) in [5.41, 5.74) is 3.58. The summed E-state index contributed by atoms with van der Waals surface area (Å²) in [6.07, 6.45) is 0.429. The number of esters is 2. The molecule has 224 valence electrons. The van der Waals surface area contributed by atoms with Crippen LogP contribution < -0.4 is 14.2 Å². The number of ketones is 1. The lowest BCUT2D eigenvalue weighted by molar-refractivity contribution is -0.157. The van der Waals surface area contributed by atoms with Gasteiger partial charge in [-0.25, -0.2) is 4.79 Å². The van der Waals surface area contributed by atoms with Gasteiger partial charge in [-0.1, -0.05) is 6.07 Å². The molecule has 1 saturated heterocycles. The zero-order chi connectivity index (χ0) is 30.5. The minimum Gasteiger partial charge on any atom is -0.504 e. The van der Waals surface area contributed by atoms with E-state index in [9.17, 15) is 29.9 Å². The minimum absolute atomic E-state index is 0.0755. The number of ether oxygens (including phenoxy) is 4. The second-order valence-corrected chi connectivity index (χ2v) is 12.7. The number of fused-ring (bicyclic) bond motifs is 9. The van der Waals surface area contributed by atoms with Gasteiger partial charge in [0.25, 0.3) is 0 Å². The number of rotatable bonds is 1. The van der Waals surface area contributed by atoms with E-state index in [1.54, 1.807) is 13.8 Å². The summed E-state index contributed by atoms with van der Waals surface area (Å²) >= 11 is 1.18. The summed E-state index contributed by atoms with van der Waals surface area (Å²) < 4.78 is 23.3. The van der Waals surface area contributed by atoms with Crippen LogP contribution in [0.4, 0.5) is 0 Å². The molecule has 1 unspecified atom stereocenters. The highest BCUT2D eigenvalue weighted by Gasteiger charge is 2.60. The highest BCUT2D eigenvalue weighted by atomic mass is 32.2. The second-order valence-electron chi connectivity index (χ2n) is 11.6. The van der Waals surface area contributed by atoms with Crippen LogP contribution in [0.1, 0.15) is 57.6 Å². The van der Waals surface area contributed by atoms with Gasteiger partial charge in [-0.05, 0) is 38.4 Å². The lowest BCUT2D eigenvalue weighted by Crippen LogP contribution is -2.69. The van der Waals surface area contributed by atoms with Crippen molar-refractivity contribution >= 4 is 29.5 Å². The summed E-state index contributed by atoms with van der Waals surface area (Å²) in [7, 11) is 1.89. The van der Waals surface area contributed by atoms with Crippen molar-refractivity contribution in [1.82, 2.24) is 9.80 Å². The number of carbonyl (C=O) groups excluding carboxylic acids is 3. The molecular weight excluding hydrogens is 578 g/mol. The fourth-order valence-corrected chi connectivity index (χ4v) is 8.98. The van der Waals surface area contributed by atoms with Gasteiger partial charge in [0.1, 0.15) is 18.4 Å². The molecule has 5 heterocycles. The molecule has 2 aromatic rings. The fourth-order valence-electron chi connectivity index (χ4n) is 7.65. The molecule has 0 radical (unpaired) electrons. The first kappa shape index (κ1) is 27.8. The van der Waals surface area contributed by atoms with Crippen LogP contribution in [0, 0.1) is 25.2 Å². The number of benzene rings is 2. The molecule has 0 amide bonds. The number of thioether (sulfide) groups is 1. The van der Waals surface area contributed by atoms with Crippen molar-refractivity contribution in [1.29, 1.82) is 5.26 Å². The largest absolute Gasteiger partial charge is 0.504 e. The Morgan fingerprint density at radius 2 is 1.86 bits per heavy atom. The van der Waals surface area contributed by atoms with Gasteiger partial charge >= 0.3 is 11.9 Å². The first-order valence-electron chi connectivity index (χ1n) is 13.9. The van der Waals surface area contributed by atoms with E-state index >= 15 is 0 Å². The first-order valence-corrected chi connectivity index (χ1v) is 15.0. The average molecular weight is 608 g/mol. The van der Waals surface area contributed by atoms with Crippen LogP contribution in [0.2, 0.25) is 0 Å². The Labute approximate surface area is 251 Å². The quantitative estimate of drug-likeness (QED) is 0.211. The highest BCUT2D eigenvalue weighted by Crippen LogP contribution is 2.63. The number of cyclic esters (lactones) is 1. The van der Waals surface area contributed by atoms with Crippen LogP contribution >= 0.6 is 11.8 Å². The van der Waals surface area contributed by atoms with E-state index in [1.165, 1.54) is 18.7 Å². The van der Waals surface area contributed by atoms with Crippen LogP contribution in [-0.4, -0.2) is 82.1 Å². The van der Waals surface area contributed by atoms with Crippen molar-refractivity contribution in [3.8, 4) is 34.8 Å². The summed E-state index contributed by atoms with van der Waals surface area (Å²) in [6.45, 7) is 4.42. The number of aryl methyl sites for hydroxylation is 1. The van der Waals surface area contributed by atoms with Crippen molar-refractivity contribution in [3.05, 3.63) is 39.4 Å². The molecule has 0 spiro atoms. The van der Waals surface area contributed by atoms with E-state index < -0.39 is 47.1 Å². The second kappa shape index (κ2) is 9.77. The number of carbonyl (C=O) groups is 3. The summed E-state index contributed by atoms with van der Waals surface area (Å²) in [5, 5.41) is 32.3. The minimum atomic E-state index is -0.967. The van der Waals surface area contributed by atoms with E-state index in [4.69, 9.17) is 18.9 Å².